The maximum Gasteiger partial charge on any atom is 0.408 e. The first-order valence-corrected chi connectivity index (χ1v) is 15.1. The molecule has 1 fully saturated rings. The van der Waals surface area contributed by atoms with E-state index in [0.29, 0.717) is 23.6 Å². The van der Waals surface area contributed by atoms with E-state index in [-0.39, 0.29) is 23.8 Å². The van der Waals surface area contributed by atoms with Gasteiger partial charge in [0.05, 0.1) is 7.11 Å². The smallest absolute Gasteiger partial charge is 0.408 e. The van der Waals surface area contributed by atoms with Crippen molar-refractivity contribution < 1.29 is 23.9 Å². The van der Waals surface area contributed by atoms with Crippen LogP contribution in [0.3, 0.4) is 0 Å². The first-order valence-electron chi connectivity index (χ1n) is 13.7. The van der Waals surface area contributed by atoms with Crippen molar-refractivity contribution in [3.63, 3.8) is 0 Å². The molecule has 8 nitrogen and oxygen atoms in total. The molecule has 40 heavy (non-hydrogen) atoms. The minimum Gasteiger partial charge on any atom is -0.497 e. The molecule has 1 aliphatic rings. The van der Waals surface area contributed by atoms with Crippen LogP contribution in [0.25, 0.3) is 0 Å². The Hall–Kier alpha value is -3.20. The summed E-state index contributed by atoms with van der Waals surface area (Å²) in [4.78, 5) is 43.0. The third-order valence-corrected chi connectivity index (χ3v) is 7.62. The third-order valence-electron chi connectivity index (χ3n) is 6.98. The van der Waals surface area contributed by atoms with Gasteiger partial charge in [-0.1, -0.05) is 25.1 Å². The second-order valence-corrected chi connectivity index (χ2v) is 12.4. The normalized spacial score (nSPS) is 17.8. The molecule has 2 N–H and O–H groups in total. The van der Waals surface area contributed by atoms with Crippen molar-refractivity contribution in [1.29, 1.82) is 0 Å². The molecule has 0 bridgehead atoms. The number of thioether (sulfide) groups is 1. The highest BCUT2D eigenvalue weighted by molar-refractivity contribution is 7.98. The van der Waals surface area contributed by atoms with Crippen LogP contribution in [-0.2, 0) is 14.3 Å². The van der Waals surface area contributed by atoms with Gasteiger partial charge in [-0.2, -0.15) is 11.8 Å². The van der Waals surface area contributed by atoms with Crippen LogP contribution in [0.15, 0.2) is 42.5 Å². The summed E-state index contributed by atoms with van der Waals surface area (Å²) in [5.74, 6) is 0.972. The molecule has 218 valence electrons. The Morgan fingerprint density at radius 2 is 1.68 bits per heavy atom. The predicted molar refractivity (Wildman–Crippen MR) is 161 cm³/mol. The highest BCUT2D eigenvalue weighted by atomic mass is 32.2. The molecule has 0 spiro atoms. The Labute approximate surface area is 242 Å². The van der Waals surface area contributed by atoms with E-state index in [2.05, 4.69) is 17.6 Å². The number of ether oxygens (including phenoxy) is 2. The highest BCUT2D eigenvalue weighted by Crippen LogP contribution is 2.42. The quantitative estimate of drug-likeness (QED) is 0.351. The number of alkyl carbamates (subject to hydrolysis) is 1. The summed E-state index contributed by atoms with van der Waals surface area (Å²) in [7, 11) is 1.59. The molecule has 9 heteroatoms. The molecule has 1 aliphatic carbocycles. The van der Waals surface area contributed by atoms with Gasteiger partial charge in [0.2, 0.25) is 5.91 Å². The van der Waals surface area contributed by atoms with Crippen molar-refractivity contribution in [2.75, 3.05) is 24.4 Å². The molecule has 2 aromatic carbocycles. The van der Waals surface area contributed by atoms with Crippen LogP contribution in [0.1, 0.15) is 63.3 Å². The minimum absolute atomic E-state index is 0.129. The second kappa shape index (κ2) is 13.4. The van der Waals surface area contributed by atoms with Gasteiger partial charge in [0, 0.05) is 11.7 Å². The lowest BCUT2D eigenvalue weighted by atomic mass is 9.93. The molecule has 4 unspecified atom stereocenters. The number of hydrogen-bond acceptors (Lipinski definition) is 6. The maximum absolute atomic E-state index is 14.4. The van der Waals surface area contributed by atoms with Crippen LogP contribution in [0, 0.1) is 19.8 Å². The van der Waals surface area contributed by atoms with E-state index in [4.69, 9.17) is 9.47 Å². The van der Waals surface area contributed by atoms with Crippen LogP contribution in [0.2, 0.25) is 0 Å². The Bertz CT molecular complexity index is 1170. The number of rotatable bonds is 11. The molecule has 2 aromatic rings. The summed E-state index contributed by atoms with van der Waals surface area (Å²) < 4.78 is 10.7. The zero-order chi connectivity index (χ0) is 29.6. The average molecular weight is 570 g/mol. The highest BCUT2D eigenvalue weighted by Gasteiger charge is 2.48. The average Bonchev–Trinajstić information content (AvgIpc) is 3.60. The van der Waals surface area contributed by atoms with Crippen molar-refractivity contribution in [3.05, 3.63) is 59.2 Å². The van der Waals surface area contributed by atoms with Crippen LogP contribution in [-0.4, -0.2) is 59.6 Å². The van der Waals surface area contributed by atoms with Gasteiger partial charge in [0.1, 0.15) is 23.4 Å². The Kier molecular flexibility index (Phi) is 10.5. The van der Waals surface area contributed by atoms with Crippen LogP contribution in [0.5, 0.6) is 5.75 Å². The first-order chi connectivity index (χ1) is 18.9. The molecular weight excluding hydrogens is 526 g/mol. The molecule has 4 atom stereocenters. The van der Waals surface area contributed by atoms with Crippen LogP contribution >= 0.6 is 11.8 Å². The summed E-state index contributed by atoms with van der Waals surface area (Å²) in [6.07, 6.45) is 2.50. The molecule has 0 aromatic heterocycles. The Balaban J connectivity index is 2.05. The molecule has 3 amide bonds. The maximum atomic E-state index is 14.4. The number of nitrogens with one attached hydrogen (secondary N) is 2. The fraction of sp³-hybridized carbons (Fsp3) is 0.516. The predicted octanol–water partition coefficient (Wildman–Crippen LogP) is 5.88. The zero-order valence-corrected chi connectivity index (χ0v) is 25.7. The number of amides is 3. The lowest BCUT2D eigenvalue weighted by Gasteiger charge is -2.36. The Morgan fingerprint density at radius 3 is 2.17 bits per heavy atom. The van der Waals surface area contributed by atoms with E-state index in [0.717, 1.165) is 23.1 Å². The lowest BCUT2D eigenvalue weighted by molar-refractivity contribution is -0.141. The SMILES string of the molecule is COc1ccc(NC(=O)C(c2c(C)cccc2C)N(C(=O)C(CCSC)NC(=O)OC(C)(C)C)C2CC2C)cc1. The van der Waals surface area contributed by atoms with E-state index in [1.54, 1.807) is 68.8 Å². The lowest BCUT2D eigenvalue weighted by Crippen LogP contribution is -2.53. The second-order valence-electron chi connectivity index (χ2n) is 11.4. The molecule has 3 rings (SSSR count). The summed E-state index contributed by atoms with van der Waals surface area (Å²) >= 11 is 1.59. The minimum atomic E-state index is -0.886. The van der Waals surface area contributed by atoms with E-state index in [9.17, 15) is 14.4 Å². The van der Waals surface area contributed by atoms with Gasteiger partial charge in [-0.15, -0.1) is 0 Å². The topological polar surface area (TPSA) is 97.0 Å². The number of carbonyl (C=O) groups excluding carboxylic acids is 3. The Morgan fingerprint density at radius 1 is 1.07 bits per heavy atom. The standard InChI is InChI=1S/C31H43N3O5S/c1-19-10-9-11-20(2)26(19)27(28(35)32-22-12-14-23(38-7)15-13-22)34(25-18-21(25)3)29(36)24(16-17-40-8)33-30(37)39-31(4,5)6/h9-15,21,24-25,27H,16-18H2,1-8H3,(H,32,35)(H,33,37). The summed E-state index contributed by atoms with van der Waals surface area (Å²) in [6.45, 7) is 11.3. The van der Waals surface area contributed by atoms with Crippen molar-refractivity contribution >= 4 is 35.4 Å². The van der Waals surface area contributed by atoms with Gasteiger partial charge in [0.15, 0.2) is 0 Å². The van der Waals surface area contributed by atoms with Gasteiger partial charge in [0.25, 0.3) is 5.91 Å². The number of methoxy groups -OCH3 is 1. The van der Waals surface area contributed by atoms with E-state index >= 15 is 0 Å². The van der Waals surface area contributed by atoms with Crippen molar-refractivity contribution in [1.82, 2.24) is 10.2 Å². The number of benzene rings is 2. The molecule has 0 saturated heterocycles. The number of anilines is 1. The monoisotopic (exact) mass is 569 g/mol. The molecule has 0 aliphatic heterocycles. The van der Waals surface area contributed by atoms with E-state index < -0.39 is 23.8 Å². The van der Waals surface area contributed by atoms with E-state index in [1.807, 2.05) is 38.3 Å². The number of nitrogens with zero attached hydrogens (tertiary/aromatic N) is 1. The fourth-order valence-corrected chi connectivity index (χ4v) is 5.31. The number of carbonyl (C=O) groups is 3. The largest absolute Gasteiger partial charge is 0.497 e. The molecule has 0 radical (unpaired) electrons. The number of hydrogen-bond donors (Lipinski definition) is 2. The summed E-state index contributed by atoms with van der Waals surface area (Å²) in [6, 6.07) is 11.1. The summed E-state index contributed by atoms with van der Waals surface area (Å²) in [5, 5.41) is 5.84. The third kappa shape index (κ3) is 8.16. The van der Waals surface area contributed by atoms with Crippen molar-refractivity contribution in [2.45, 2.75) is 78.1 Å². The van der Waals surface area contributed by atoms with Crippen molar-refractivity contribution in [3.8, 4) is 5.75 Å². The molecule has 0 heterocycles. The van der Waals surface area contributed by atoms with E-state index in [1.165, 1.54) is 0 Å². The van der Waals surface area contributed by atoms with Gasteiger partial charge < -0.3 is 25.0 Å². The van der Waals surface area contributed by atoms with Crippen LogP contribution in [0.4, 0.5) is 10.5 Å². The first kappa shape index (κ1) is 31.3. The van der Waals surface area contributed by atoms with Gasteiger partial charge in [-0.3, -0.25) is 9.59 Å². The van der Waals surface area contributed by atoms with Crippen molar-refractivity contribution in [2.24, 2.45) is 5.92 Å². The number of aryl methyl sites for hydroxylation is 2. The molecule has 1 saturated carbocycles. The van der Waals surface area contributed by atoms with Gasteiger partial charge in [-0.25, -0.2) is 4.79 Å². The van der Waals surface area contributed by atoms with Gasteiger partial charge in [-0.05, 0) is 106 Å². The zero-order valence-electron chi connectivity index (χ0n) is 24.9. The fourth-order valence-electron chi connectivity index (χ4n) is 4.84. The van der Waals surface area contributed by atoms with Gasteiger partial charge >= 0.3 is 6.09 Å². The van der Waals surface area contributed by atoms with Crippen LogP contribution < -0.4 is 15.4 Å². The molecular formula is C31H43N3O5S. The summed E-state index contributed by atoms with van der Waals surface area (Å²) in [5.41, 5.74) is 2.52.